The molecule has 0 bridgehead atoms. The lowest BCUT2D eigenvalue weighted by Crippen LogP contribution is -2.49. The van der Waals surface area contributed by atoms with Crippen LogP contribution >= 0.6 is 0 Å². The van der Waals surface area contributed by atoms with Crippen molar-refractivity contribution < 1.29 is 9.53 Å². The molecule has 32 heavy (non-hydrogen) atoms. The molecule has 2 aromatic heterocycles. The van der Waals surface area contributed by atoms with Crippen molar-refractivity contribution in [3.63, 3.8) is 0 Å². The van der Waals surface area contributed by atoms with Crippen LogP contribution in [0, 0.1) is 0 Å². The van der Waals surface area contributed by atoms with Gasteiger partial charge in [0, 0.05) is 51.7 Å². The van der Waals surface area contributed by atoms with Crippen molar-refractivity contribution in [1.29, 1.82) is 0 Å². The van der Waals surface area contributed by atoms with Crippen molar-refractivity contribution in [3.8, 4) is 11.7 Å². The van der Waals surface area contributed by atoms with Gasteiger partial charge in [0.1, 0.15) is 12.1 Å². The number of methoxy groups -OCH3 is 1. The summed E-state index contributed by atoms with van der Waals surface area (Å²) in [4.78, 5) is 37.5. The molecular weight excluding hydrogens is 408 g/mol. The van der Waals surface area contributed by atoms with Gasteiger partial charge in [-0.15, -0.1) is 0 Å². The number of rotatable bonds is 5. The number of nitrogens with zero attached hydrogens (tertiary/aromatic N) is 8. The van der Waals surface area contributed by atoms with E-state index >= 15 is 0 Å². The van der Waals surface area contributed by atoms with E-state index in [1.165, 1.54) is 0 Å². The van der Waals surface area contributed by atoms with Gasteiger partial charge < -0.3 is 19.4 Å². The molecule has 2 saturated heterocycles. The molecule has 2 fully saturated rings. The SMILES string of the molecule is COc1ccccc1C(=O)N1CCN(c2nc(N3CCCC3)nc(-n3ccnc3)n2)CC1. The van der Waals surface area contributed by atoms with E-state index in [2.05, 4.69) is 19.8 Å². The number of hydrogen-bond acceptors (Lipinski definition) is 8. The number of piperazine rings is 1. The standard InChI is InChI=1S/C22H26N8O2/c1-32-18-7-3-2-6-17(18)19(31)27-12-14-29(15-13-27)21-24-20(28-9-4-5-10-28)25-22(26-21)30-11-8-23-16-30/h2-3,6-8,11,16H,4-5,9-10,12-15H2,1H3. The molecule has 0 unspecified atom stereocenters. The first-order valence-electron chi connectivity index (χ1n) is 10.9. The van der Waals surface area contributed by atoms with Gasteiger partial charge in [-0.1, -0.05) is 12.1 Å². The van der Waals surface area contributed by atoms with Crippen LogP contribution in [0.5, 0.6) is 5.75 Å². The van der Waals surface area contributed by atoms with Crippen molar-refractivity contribution >= 4 is 17.8 Å². The summed E-state index contributed by atoms with van der Waals surface area (Å²) in [5, 5.41) is 0. The number of hydrogen-bond donors (Lipinski definition) is 0. The number of benzene rings is 1. The van der Waals surface area contributed by atoms with Gasteiger partial charge in [0.15, 0.2) is 0 Å². The molecule has 0 aliphatic carbocycles. The molecule has 2 aliphatic rings. The van der Waals surface area contributed by atoms with Crippen LogP contribution in [0.25, 0.3) is 5.95 Å². The van der Waals surface area contributed by atoms with E-state index in [9.17, 15) is 4.79 Å². The summed E-state index contributed by atoms with van der Waals surface area (Å²) in [7, 11) is 1.58. The van der Waals surface area contributed by atoms with Crippen molar-refractivity contribution in [2.24, 2.45) is 0 Å². The Kier molecular flexibility index (Phi) is 5.57. The van der Waals surface area contributed by atoms with E-state index in [0.717, 1.165) is 25.9 Å². The Morgan fingerprint density at radius 3 is 2.19 bits per heavy atom. The Labute approximate surface area is 186 Å². The van der Waals surface area contributed by atoms with Gasteiger partial charge in [-0.05, 0) is 25.0 Å². The fourth-order valence-corrected chi connectivity index (χ4v) is 4.14. The van der Waals surface area contributed by atoms with Gasteiger partial charge >= 0.3 is 0 Å². The third-order valence-electron chi connectivity index (χ3n) is 5.91. The van der Waals surface area contributed by atoms with Crippen LogP contribution < -0.4 is 14.5 Å². The summed E-state index contributed by atoms with van der Waals surface area (Å²) in [6.07, 6.45) is 7.52. The van der Waals surface area contributed by atoms with Crippen LogP contribution in [-0.4, -0.2) is 81.7 Å². The summed E-state index contributed by atoms with van der Waals surface area (Å²) < 4.78 is 7.16. The Balaban J connectivity index is 1.35. The monoisotopic (exact) mass is 434 g/mol. The highest BCUT2D eigenvalue weighted by Crippen LogP contribution is 2.23. The minimum atomic E-state index is -0.0189. The Morgan fingerprint density at radius 2 is 1.53 bits per heavy atom. The van der Waals surface area contributed by atoms with E-state index in [1.54, 1.807) is 30.3 Å². The number of para-hydroxylation sites is 1. The Morgan fingerprint density at radius 1 is 0.875 bits per heavy atom. The van der Waals surface area contributed by atoms with Crippen molar-refractivity contribution in [1.82, 2.24) is 29.4 Å². The molecule has 10 heteroatoms. The quantitative estimate of drug-likeness (QED) is 0.598. The molecule has 3 aromatic rings. The van der Waals surface area contributed by atoms with Gasteiger partial charge in [0.05, 0.1) is 12.7 Å². The second-order valence-corrected chi connectivity index (χ2v) is 7.88. The molecule has 0 spiro atoms. The first-order chi connectivity index (χ1) is 15.7. The normalized spacial score (nSPS) is 16.5. The van der Waals surface area contributed by atoms with Crippen molar-refractivity contribution in [2.75, 3.05) is 56.2 Å². The van der Waals surface area contributed by atoms with E-state index < -0.39 is 0 Å². The zero-order valence-corrected chi connectivity index (χ0v) is 18.1. The largest absolute Gasteiger partial charge is 0.496 e. The van der Waals surface area contributed by atoms with Crippen LogP contribution in [0.3, 0.4) is 0 Å². The molecule has 5 rings (SSSR count). The molecular formula is C22H26N8O2. The van der Waals surface area contributed by atoms with Gasteiger partial charge in [0.25, 0.3) is 5.91 Å². The lowest BCUT2D eigenvalue weighted by Gasteiger charge is -2.35. The number of carbonyl (C=O) groups excluding carboxylic acids is 1. The van der Waals surface area contributed by atoms with E-state index in [0.29, 0.717) is 55.3 Å². The molecule has 0 saturated carbocycles. The molecule has 0 radical (unpaired) electrons. The van der Waals surface area contributed by atoms with E-state index in [-0.39, 0.29) is 5.91 Å². The zero-order chi connectivity index (χ0) is 21.9. The van der Waals surface area contributed by atoms with Crippen molar-refractivity contribution in [2.45, 2.75) is 12.8 Å². The fourth-order valence-electron chi connectivity index (χ4n) is 4.14. The van der Waals surface area contributed by atoms with Crippen LogP contribution in [0.1, 0.15) is 23.2 Å². The first kappa shape index (κ1) is 20.2. The number of ether oxygens (including phenoxy) is 1. The lowest BCUT2D eigenvalue weighted by molar-refractivity contribution is 0.0743. The van der Waals surface area contributed by atoms with E-state index in [4.69, 9.17) is 14.7 Å². The molecule has 0 atom stereocenters. The van der Waals surface area contributed by atoms with Gasteiger partial charge in [0.2, 0.25) is 17.8 Å². The Bertz CT molecular complexity index is 1070. The molecule has 4 heterocycles. The predicted molar refractivity (Wildman–Crippen MR) is 120 cm³/mol. The average Bonchev–Trinajstić information content (AvgIpc) is 3.58. The number of anilines is 2. The van der Waals surface area contributed by atoms with E-state index in [1.807, 2.05) is 29.3 Å². The number of imidazole rings is 1. The minimum absolute atomic E-state index is 0.0189. The zero-order valence-electron chi connectivity index (χ0n) is 18.1. The van der Waals surface area contributed by atoms with Gasteiger partial charge in [-0.3, -0.25) is 9.36 Å². The third kappa shape index (κ3) is 3.95. The minimum Gasteiger partial charge on any atom is -0.496 e. The van der Waals surface area contributed by atoms with Crippen LogP contribution in [0.2, 0.25) is 0 Å². The van der Waals surface area contributed by atoms with Crippen molar-refractivity contribution in [3.05, 3.63) is 48.5 Å². The fraction of sp³-hybridized carbons (Fsp3) is 0.409. The highest BCUT2D eigenvalue weighted by molar-refractivity contribution is 5.97. The maximum atomic E-state index is 13.0. The van der Waals surface area contributed by atoms with Crippen LogP contribution in [-0.2, 0) is 0 Å². The summed E-state index contributed by atoms with van der Waals surface area (Å²) in [6, 6.07) is 7.34. The van der Waals surface area contributed by atoms with Crippen LogP contribution in [0.4, 0.5) is 11.9 Å². The summed E-state index contributed by atoms with van der Waals surface area (Å²) in [5.74, 6) is 2.47. The molecule has 1 amide bonds. The van der Waals surface area contributed by atoms with Gasteiger partial charge in [-0.25, -0.2) is 4.98 Å². The second-order valence-electron chi connectivity index (χ2n) is 7.88. The number of carbonyl (C=O) groups is 1. The third-order valence-corrected chi connectivity index (χ3v) is 5.91. The molecule has 166 valence electrons. The highest BCUT2D eigenvalue weighted by atomic mass is 16.5. The smallest absolute Gasteiger partial charge is 0.257 e. The topological polar surface area (TPSA) is 92.5 Å². The maximum Gasteiger partial charge on any atom is 0.257 e. The van der Waals surface area contributed by atoms with Gasteiger partial charge in [-0.2, -0.15) is 15.0 Å². The molecule has 1 aromatic carbocycles. The predicted octanol–water partition coefficient (Wildman–Crippen LogP) is 1.63. The number of amides is 1. The first-order valence-corrected chi connectivity index (χ1v) is 10.9. The Hall–Kier alpha value is -3.69. The maximum absolute atomic E-state index is 13.0. The van der Waals surface area contributed by atoms with Crippen LogP contribution in [0.15, 0.2) is 43.0 Å². The summed E-state index contributed by atoms with van der Waals surface area (Å²) in [6.45, 7) is 4.37. The highest BCUT2D eigenvalue weighted by Gasteiger charge is 2.27. The molecule has 10 nitrogen and oxygen atoms in total. The molecule has 0 N–H and O–H groups in total. The number of aromatic nitrogens is 5. The lowest BCUT2D eigenvalue weighted by atomic mass is 10.1. The molecule has 2 aliphatic heterocycles. The summed E-state index contributed by atoms with van der Waals surface area (Å²) in [5.41, 5.74) is 0.585. The second kappa shape index (κ2) is 8.81. The average molecular weight is 435 g/mol. The summed E-state index contributed by atoms with van der Waals surface area (Å²) >= 11 is 0.